The van der Waals surface area contributed by atoms with Gasteiger partial charge in [-0.3, -0.25) is 9.59 Å². The highest BCUT2D eigenvalue weighted by atomic mass is 32.2. The first-order valence-corrected chi connectivity index (χ1v) is 7.99. The molecule has 0 aromatic carbocycles. The maximum Gasteiger partial charge on any atom is 0.305 e. The van der Waals surface area contributed by atoms with Gasteiger partial charge in [0.15, 0.2) is 0 Å². The molecule has 0 aliphatic carbocycles. The van der Waals surface area contributed by atoms with Crippen molar-refractivity contribution < 1.29 is 14.7 Å². The van der Waals surface area contributed by atoms with E-state index in [4.69, 9.17) is 10.8 Å². The Bertz CT molecular complexity index is 446. The summed E-state index contributed by atoms with van der Waals surface area (Å²) in [4.78, 5) is 22.4. The Morgan fingerprint density at radius 1 is 1.48 bits per heavy atom. The number of nitrogens with two attached hydrogens (primary N) is 1. The van der Waals surface area contributed by atoms with E-state index in [1.807, 2.05) is 31.7 Å². The van der Waals surface area contributed by atoms with Crippen molar-refractivity contribution in [2.75, 3.05) is 0 Å². The van der Waals surface area contributed by atoms with Crippen molar-refractivity contribution in [3.05, 3.63) is 12.2 Å². The number of carboxylic acids is 1. The summed E-state index contributed by atoms with van der Waals surface area (Å²) in [7, 11) is 0. The minimum atomic E-state index is -1.08. The highest BCUT2D eigenvalue weighted by Gasteiger charge is 2.44. The first-order chi connectivity index (χ1) is 9.44. The van der Waals surface area contributed by atoms with E-state index >= 15 is 0 Å². The molecule has 0 radical (unpaired) electrons. The molecule has 5 nitrogen and oxygen atoms in total. The molecule has 6 heteroatoms. The number of nitrogens with one attached hydrogen (secondary N) is 1. The maximum atomic E-state index is 11.9. The Morgan fingerprint density at radius 2 is 2.05 bits per heavy atom. The van der Waals surface area contributed by atoms with Crippen LogP contribution in [0.2, 0.25) is 0 Å². The van der Waals surface area contributed by atoms with Crippen molar-refractivity contribution in [1.82, 2.24) is 5.32 Å². The lowest BCUT2D eigenvalue weighted by atomic mass is 9.88. The van der Waals surface area contributed by atoms with Crippen LogP contribution in [0.15, 0.2) is 12.2 Å². The normalized spacial score (nSPS) is 26.2. The number of aliphatic carboxylic acids is 1. The van der Waals surface area contributed by atoms with Gasteiger partial charge in [0.25, 0.3) is 0 Å². The van der Waals surface area contributed by atoms with Crippen LogP contribution < -0.4 is 11.1 Å². The Hall–Kier alpha value is -1.01. The fourth-order valence-electron chi connectivity index (χ4n) is 2.59. The van der Waals surface area contributed by atoms with Crippen molar-refractivity contribution in [1.29, 1.82) is 0 Å². The summed E-state index contributed by atoms with van der Waals surface area (Å²) in [6.07, 6.45) is 3.75. The van der Waals surface area contributed by atoms with Crippen molar-refractivity contribution in [2.24, 2.45) is 11.7 Å². The summed E-state index contributed by atoms with van der Waals surface area (Å²) in [6.45, 7) is 10.4. The number of hydrogen-bond donors (Lipinski definition) is 3. The van der Waals surface area contributed by atoms with Gasteiger partial charge in [-0.15, -0.1) is 0 Å². The molecule has 1 fully saturated rings. The Balaban J connectivity index is 2.61. The number of carboxylic acid groups (broad SMARTS) is 1. The number of carbonyl (C=O) groups excluding carboxylic acids is 1. The van der Waals surface area contributed by atoms with E-state index in [0.29, 0.717) is 11.2 Å². The predicted molar refractivity (Wildman–Crippen MR) is 86.2 cm³/mol. The second-order valence-corrected chi connectivity index (χ2v) is 8.76. The Morgan fingerprint density at radius 3 is 2.48 bits per heavy atom. The van der Waals surface area contributed by atoms with E-state index in [-0.39, 0.29) is 11.2 Å². The fraction of sp³-hybridized carbons (Fsp3) is 0.733. The second kappa shape index (κ2) is 6.40. The lowest BCUT2D eigenvalue weighted by Gasteiger charge is -2.48. The average molecular weight is 314 g/mol. The van der Waals surface area contributed by atoms with Crippen molar-refractivity contribution in [2.45, 2.75) is 62.6 Å². The Kier molecular flexibility index (Phi) is 5.50. The third kappa shape index (κ3) is 5.04. The molecule has 3 atom stereocenters. The number of amides is 1. The van der Waals surface area contributed by atoms with Gasteiger partial charge in [-0.1, -0.05) is 32.9 Å². The van der Waals surface area contributed by atoms with E-state index < -0.39 is 23.5 Å². The number of allylic oxidation sites excluding steroid dienone is 1. The van der Waals surface area contributed by atoms with E-state index in [1.165, 1.54) is 0 Å². The SMILES string of the molecule is C[C@H]1SC(C)(C)[C@@H]1C=CC(C)(C)NC(=O)[C@@H](N)CC(=O)O. The van der Waals surface area contributed by atoms with Crippen LogP contribution in [0.4, 0.5) is 0 Å². The van der Waals surface area contributed by atoms with Crippen LogP contribution in [0.3, 0.4) is 0 Å². The van der Waals surface area contributed by atoms with E-state index in [2.05, 4.69) is 32.2 Å². The van der Waals surface area contributed by atoms with Gasteiger partial charge in [0.1, 0.15) is 0 Å². The van der Waals surface area contributed by atoms with E-state index in [1.54, 1.807) is 0 Å². The number of rotatable bonds is 6. The monoisotopic (exact) mass is 314 g/mol. The van der Waals surface area contributed by atoms with Crippen molar-refractivity contribution >= 4 is 23.6 Å². The van der Waals surface area contributed by atoms with Crippen LogP contribution in [0.1, 0.15) is 41.0 Å². The van der Waals surface area contributed by atoms with Gasteiger partial charge in [0.2, 0.25) is 5.91 Å². The molecule has 120 valence electrons. The van der Waals surface area contributed by atoms with Gasteiger partial charge in [-0.25, -0.2) is 0 Å². The quantitative estimate of drug-likeness (QED) is 0.650. The van der Waals surface area contributed by atoms with Crippen LogP contribution in [0.5, 0.6) is 0 Å². The number of hydrogen-bond acceptors (Lipinski definition) is 4. The smallest absolute Gasteiger partial charge is 0.305 e. The lowest BCUT2D eigenvalue weighted by Crippen LogP contribution is -2.50. The van der Waals surface area contributed by atoms with Crippen molar-refractivity contribution in [3.63, 3.8) is 0 Å². The predicted octanol–water partition coefficient (Wildman–Crippen LogP) is 1.77. The molecule has 1 heterocycles. The molecular formula is C15H26N2O3S. The third-order valence-corrected chi connectivity index (χ3v) is 5.24. The number of thioether (sulfide) groups is 1. The van der Waals surface area contributed by atoms with Gasteiger partial charge in [0.05, 0.1) is 18.0 Å². The zero-order valence-corrected chi connectivity index (χ0v) is 14.2. The molecule has 21 heavy (non-hydrogen) atoms. The van der Waals surface area contributed by atoms with Gasteiger partial charge < -0.3 is 16.2 Å². The lowest BCUT2D eigenvalue weighted by molar-refractivity contribution is -0.139. The molecule has 1 amide bonds. The summed E-state index contributed by atoms with van der Waals surface area (Å²) in [6, 6.07) is -1.02. The van der Waals surface area contributed by atoms with Gasteiger partial charge in [-0.2, -0.15) is 11.8 Å². The molecule has 1 aliphatic heterocycles. The van der Waals surface area contributed by atoms with E-state index in [9.17, 15) is 9.59 Å². The zero-order valence-electron chi connectivity index (χ0n) is 13.3. The summed E-state index contributed by atoms with van der Waals surface area (Å²) in [5.41, 5.74) is 5.01. The van der Waals surface area contributed by atoms with Crippen molar-refractivity contribution in [3.8, 4) is 0 Å². The highest BCUT2D eigenvalue weighted by Crippen LogP contribution is 2.52. The fourth-order valence-corrected chi connectivity index (χ4v) is 4.34. The molecule has 0 aromatic heterocycles. The van der Waals surface area contributed by atoms with Crippen LogP contribution in [-0.2, 0) is 9.59 Å². The first-order valence-electron chi connectivity index (χ1n) is 7.11. The molecule has 0 unspecified atom stereocenters. The maximum absolute atomic E-state index is 11.9. The molecule has 1 aliphatic rings. The summed E-state index contributed by atoms with van der Waals surface area (Å²) < 4.78 is 0.218. The molecule has 1 saturated heterocycles. The standard InChI is InChI=1S/C15H26N2O3S/c1-9-10(15(4,5)21-9)6-7-14(2,3)17-13(20)11(16)8-12(18)19/h6-7,9-11H,8,16H2,1-5H3,(H,17,20)(H,18,19)/t9-,10-,11+/m1/s1. The third-order valence-electron chi connectivity index (χ3n) is 3.70. The van der Waals surface area contributed by atoms with Gasteiger partial charge in [-0.05, 0) is 13.8 Å². The number of carbonyl (C=O) groups is 2. The van der Waals surface area contributed by atoms with Gasteiger partial charge in [0, 0.05) is 15.9 Å². The minimum absolute atomic E-state index is 0.218. The molecule has 0 bridgehead atoms. The van der Waals surface area contributed by atoms with Crippen LogP contribution >= 0.6 is 11.8 Å². The molecule has 4 N–H and O–H groups in total. The first kappa shape index (κ1) is 18.0. The summed E-state index contributed by atoms with van der Waals surface area (Å²) in [5, 5.41) is 12.0. The topological polar surface area (TPSA) is 92.4 Å². The van der Waals surface area contributed by atoms with Crippen LogP contribution in [0.25, 0.3) is 0 Å². The second-order valence-electron chi connectivity index (χ2n) is 6.73. The molecule has 0 saturated carbocycles. The van der Waals surface area contributed by atoms with E-state index in [0.717, 1.165) is 0 Å². The highest BCUT2D eigenvalue weighted by molar-refractivity contribution is 8.02. The molecule has 0 aromatic rings. The average Bonchev–Trinajstić information content (AvgIpc) is 2.25. The molecule has 0 spiro atoms. The van der Waals surface area contributed by atoms with Crippen LogP contribution in [0, 0.1) is 5.92 Å². The molecular weight excluding hydrogens is 288 g/mol. The largest absolute Gasteiger partial charge is 0.481 e. The summed E-state index contributed by atoms with van der Waals surface area (Å²) >= 11 is 1.95. The van der Waals surface area contributed by atoms with Crippen LogP contribution in [-0.4, -0.2) is 38.6 Å². The zero-order chi connectivity index (χ0) is 16.4. The Labute approximate surface area is 130 Å². The van der Waals surface area contributed by atoms with Gasteiger partial charge >= 0.3 is 5.97 Å². The summed E-state index contributed by atoms with van der Waals surface area (Å²) in [5.74, 6) is -1.05. The minimum Gasteiger partial charge on any atom is -0.481 e. The molecule has 1 rings (SSSR count).